The highest BCUT2D eigenvalue weighted by Gasteiger charge is 2.43. The molecule has 0 aromatic heterocycles. The van der Waals surface area contributed by atoms with E-state index >= 15 is 0 Å². The molecule has 1 aromatic rings. The number of fused-ring (bicyclic) bond motifs is 1. The van der Waals surface area contributed by atoms with Gasteiger partial charge in [-0.2, -0.15) is 0 Å². The van der Waals surface area contributed by atoms with Crippen LogP contribution >= 0.6 is 15.9 Å². The van der Waals surface area contributed by atoms with Gasteiger partial charge >= 0.3 is 11.9 Å². The summed E-state index contributed by atoms with van der Waals surface area (Å²) in [5, 5.41) is 2.91. The third-order valence-electron chi connectivity index (χ3n) is 4.08. The van der Waals surface area contributed by atoms with Crippen LogP contribution in [0.4, 0.5) is 5.69 Å². The fourth-order valence-corrected chi connectivity index (χ4v) is 2.97. The summed E-state index contributed by atoms with van der Waals surface area (Å²) in [7, 11) is 0. The van der Waals surface area contributed by atoms with E-state index in [4.69, 9.17) is 18.9 Å². The molecular weight excluding hydrogens is 394 g/mol. The van der Waals surface area contributed by atoms with Crippen molar-refractivity contribution in [2.24, 2.45) is 0 Å². The maximum Gasteiger partial charge on any atom is 0.350 e. The van der Waals surface area contributed by atoms with Crippen LogP contribution in [0.25, 0.3) is 0 Å². The first-order valence-electron chi connectivity index (χ1n) is 8.00. The van der Waals surface area contributed by atoms with Gasteiger partial charge in [0.2, 0.25) is 0 Å². The number of carbonyl (C=O) groups excluding carboxylic acids is 2. The lowest BCUT2D eigenvalue weighted by atomic mass is 10.1. The molecule has 0 atom stereocenters. The average molecular weight is 412 g/mol. The van der Waals surface area contributed by atoms with Crippen molar-refractivity contribution in [1.29, 1.82) is 0 Å². The average Bonchev–Trinajstić information content (AvgIpc) is 2.61. The predicted molar refractivity (Wildman–Crippen MR) is 92.3 cm³/mol. The Hall–Kier alpha value is -2.22. The Morgan fingerprint density at radius 3 is 2.20 bits per heavy atom. The zero-order chi connectivity index (χ0) is 18.0. The van der Waals surface area contributed by atoms with Crippen LogP contribution in [0.3, 0.4) is 0 Å². The number of nitrogens with one attached hydrogen (secondary N) is 1. The third kappa shape index (κ3) is 3.44. The maximum absolute atomic E-state index is 12.2. The van der Waals surface area contributed by atoms with Gasteiger partial charge in [0.25, 0.3) is 5.79 Å². The molecule has 1 saturated heterocycles. The van der Waals surface area contributed by atoms with Crippen molar-refractivity contribution in [3.63, 3.8) is 0 Å². The van der Waals surface area contributed by atoms with E-state index in [0.717, 1.165) is 0 Å². The van der Waals surface area contributed by atoms with Crippen LogP contribution in [0.15, 0.2) is 28.4 Å². The summed E-state index contributed by atoms with van der Waals surface area (Å²) in [4.78, 5) is 24.4. The second kappa shape index (κ2) is 6.95. The van der Waals surface area contributed by atoms with Crippen molar-refractivity contribution in [2.75, 3.05) is 18.5 Å². The quantitative estimate of drug-likeness (QED) is 0.462. The third-order valence-corrected chi connectivity index (χ3v) is 4.73. The number of anilines is 1. The van der Waals surface area contributed by atoms with Crippen LogP contribution in [-0.4, -0.2) is 30.9 Å². The van der Waals surface area contributed by atoms with Crippen molar-refractivity contribution in [3.8, 4) is 11.5 Å². The molecule has 2 aliphatic rings. The SMILES string of the molecule is CCC1(CC)OC(=O)C(=CNc2cc3c(cc2Br)OCCO3)C(=O)O1. The Bertz CT molecular complexity index is 719. The normalized spacial score (nSPS) is 18.3. The molecule has 2 aliphatic heterocycles. The molecule has 8 heteroatoms. The molecule has 1 fully saturated rings. The summed E-state index contributed by atoms with van der Waals surface area (Å²) in [5.41, 5.74) is 0.416. The summed E-state index contributed by atoms with van der Waals surface area (Å²) in [6, 6.07) is 3.48. The first-order chi connectivity index (χ1) is 12.0. The van der Waals surface area contributed by atoms with Gasteiger partial charge in [0, 0.05) is 35.6 Å². The number of esters is 2. The highest BCUT2D eigenvalue weighted by Crippen LogP contribution is 2.38. The second-order valence-corrected chi connectivity index (χ2v) is 6.43. The Balaban J connectivity index is 1.80. The maximum atomic E-state index is 12.2. The van der Waals surface area contributed by atoms with Crippen molar-refractivity contribution in [1.82, 2.24) is 0 Å². The van der Waals surface area contributed by atoms with E-state index in [2.05, 4.69) is 21.2 Å². The van der Waals surface area contributed by atoms with E-state index in [9.17, 15) is 9.59 Å². The van der Waals surface area contributed by atoms with Crippen LogP contribution in [-0.2, 0) is 19.1 Å². The van der Waals surface area contributed by atoms with Crippen LogP contribution in [0.1, 0.15) is 26.7 Å². The minimum atomic E-state index is -1.18. The largest absolute Gasteiger partial charge is 0.486 e. The molecule has 3 rings (SSSR count). The number of carbonyl (C=O) groups is 2. The number of ether oxygens (including phenoxy) is 4. The zero-order valence-corrected chi connectivity index (χ0v) is 15.5. The van der Waals surface area contributed by atoms with Crippen LogP contribution in [0.5, 0.6) is 11.5 Å². The summed E-state index contributed by atoms with van der Waals surface area (Å²) in [6.07, 6.45) is 2.07. The minimum absolute atomic E-state index is 0.195. The summed E-state index contributed by atoms with van der Waals surface area (Å²) in [6.45, 7) is 4.54. The first kappa shape index (κ1) is 17.6. The van der Waals surface area contributed by atoms with Gasteiger partial charge in [-0.3, -0.25) is 0 Å². The van der Waals surface area contributed by atoms with Gasteiger partial charge in [-0.15, -0.1) is 0 Å². The molecule has 1 N–H and O–H groups in total. The molecule has 25 heavy (non-hydrogen) atoms. The number of hydrogen-bond acceptors (Lipinski definition) is 7. The fraction of sp³-hybridized carbons (Fsp3) is 0.412. The van der Waals surface area contributed by atoms with Gasteiger partial charge in [-0.05, 0) is 15.9 Å². The Morgan fingerprint density at radius 2 is 1.64 bits per heavy atom. The molecule has 0 saturated carbocycles. The van der Waals surface area contributed by atoms with Crippen molar-refractivity contribution in [3.05, 3.63) is 28.4 Å². The van der Waals surface area contributed by atoms with E-state index < -0.39 is 17.7 Å². The van der Waals surface area contributed by atoms with Crippen molar-refractivity contribution >= 4 is 33.6 Å². The van der Waals surface area contributed by atoms with Gasteiger partial charge < -0.3 is 24.3 Å². The van der Waals surface area contributed by atoms with Gasteiger partial charge in [0.15, 0.2) is 17.1 Å². The van der Waals surface area contributed by atoms with E-state index in [0.29, 0.717) is 47.7 Å². The summed E-state index contributed by atoms with van der Waals surface area (Å²) < 4.78 is 22.3. The number of rotatable bonds is 4. The standard InChI is InChI=1S/C17H18BrNO6/c1-3-17(4-2)24-15(20)10(16(21)25-17)9-19-12-8-14-13(7-11(12)18)22-5-6-23-14/h7-9,19H,3-6H2,1-2H3. The Morgan fingerprint density at radius 1 is 1.08 bits per heavy atom. The highest BCUT2D eigenvalue weighted by atomic mass is 79.9. The van der Waals surface area contributed by atoms with Gasteiger partial charge in [0.05, 0.1) is 5.69 Å². The Kier molecular flexibility index (Phi) is 4.89. The van der Waals surface area contributed by atoms with Crippen LogP contribution in [0, 0.1) is 0 Å². The lowest BCUT2D eigenvalue weighted by Crippen LogP contribution is -2.45. The molecule has 0 bridgehead atoms. The number of hydrogen-bond donors (Lipinski definition) is 1. The molecule has 2 heterocycles. The molecule has 134 valence electrons. The smallest absolute Gasteiger partial charge is 0.350 e. The molecular formula is C17H18BrNO6. The van der Waals surface area contributed by atoms with Crippen LogP contribution in [0.2, 0.25) is 0 Å². The topological polar surface area (TPSA) is 83.1 Å². The first-order valence-corrected chi connectivity index (χ1v) is 8.80. The van der Waals surface area contributed by atoms with Crippen LogP contribution < -0.4 is 14.8 Å². The lowest BCUT2D eigenvalue weighted by molar-refractivity contribution is -0.237. The fourth-order valence-electron chi connectivity index (χ4n) is 2.53. The van der Waals surface area contributed by atoms with Gasteiger partial charge in [-0.1, -0.05) is 13.8 Å². The van der Waals surface area contributed by atoms with Crippen molar-refractivity contribution in [2.45, 2.75) is 32.5 Å². The van der Waals surface area contributed by atoms with E-state index in [1.54, 1.807) is 26.0 Å². The summed E-state index contributed by atoms with van der Waals surface area (Å²) >= 11 is 3.41. The Labute approximate surface area is 153 Å². The minimum Gasteiger partial charge on any atom is -0.486 e. The van der Waals surface area contributed by atoms with Gasteiger partial charge in [0.1, 0.15) is 13.2 Å². The second-order valence-electron chi connectivity index (χ2n) is 5.57. The monoisotopic (exact) mass is 411 g/mol. The zero-order valence-electron chi connectivity index (χ0n) is 13.9. The molecule has 0 spiro atoms. The van der Waals surface area contributed by atoms with Gasteiger partial charge in [-0.25, -0.2) is 9.59 Å². The molecule has 0 aliphatic carbocycles. The highest BCUT2D eigenvalue weighted by molar-refractivity contribution is 9.10. The molecule has 0 unspecified atom stereocenters. The molecule has 0 radical (unpaired) electrons. The van der Waals surface area contributed by atoms with E-state index in [1.807, 2.05) is 0 Å². The van der Waals surface area contributed by atoms with Crippen molar-refractivity contribution < 1.29 is 28.5 Å². The molecule has 1 aromatic carbocycles. The van der Waals surface area contributed by atoms with E-state index in [-0.39, 0.29) is 5.57 Å². The lowest BCUT2D eigenvalue weighted by Gasteiger charge is -2.34. The molecule has 0 amide bonds. The number of halogens is 1. The predicted octanol–water partition coefficient (Wildman–Crippen LogP) is 3.13. The summed E-state index contributed by atoms with van der Waals surface area (Å²) in [5.74, 6) is -1.38. The number of benzene rings is 1. The number of cyclic esters (lactones) is 2. The molecule has 7 nitrogen and oxygen atoms in total. The van der Waals surface area contributed by atoms with E-state index in [1.165, 1.54) is 6.20 Å².